The monoisotopic (exact) mass is 272 g/mol. The third kappa shape index (κ3) is 3.23. The van der Waals surface area contributed by atoms with Crippen LogP contribution in [-0.4, -0.2) is 29.6 Å². The van der Waals surface area contributed by atoms with Crippen LogP contribution < -0.4 is 10.7 Å². The van der Waals surface area contributed by atoms with Crippen molar-refractivity contribution >= 4 is 28.9 Å². The molecule has 1 heterocycles. The minimum Gasteiger partial charge on any atom is -0.361 e. The normalized spacial score (nSPS) is 10.8. The number of amides is 2. The molecule has 104 valence electrons. The average Bonchev–Trinajstić information content (AvgIpc) is 2.88. The highest BCUT2D eigenvalue weighted by Crippen LogP contribution is 2.15. The molecule has 0 fully saturated rings. The van der Waals surface area contributed by atoms with Gasteiger partial charge < -0.3 is 10.3 Å². The standard InChI is InChI=1S/C14H16N4O2/c1-2-7-15-13(19)14(20)18-17-9-10-8-16-12-6-4-3-5-11(10)12/h3-6,8-9,16H,2,7H2,1H3,(H,15,19)(H,18,20)/b17-9+. The van der Waals surface area contributed by atoms with Crippen LogP contribution in [0.1, 0.15) is 18.9 Å². The predicted octanol–water partition coefficient (Wildman–Crippen LogP) is 1.14. The number of carbonyl (C=O) groups is 2. The van der Waals surface area contributed by atoms with Gasteiger partial charge in [-0.2, -0.15) is 5.10 Å². The summed E-state index contributed by atoms with van der Waals surface area (Å²) >= 11 is 0. The van der Waals surface area contributed by atoms with Gasteiger partial charge in [-0.15, -0.1) is 0 Å². The Hall–Kier alpha value is -2.63. The molecule has 3 N–H and O–H groups in total. The van der Waals surface area contributed by atoms with Gasteiger partial charge in [-0.25, -0.2) is 5.43 Å². The molecule has 20 heavy (non-hydrogen) atoms. The molecule has 0 atom stereocenters. The van der Waals surface area contributed by atoms with Gasteiger partial charge in [0.2, 0.25) is 0 Å². The van der Waals surface area contributed by atoms with Gasteiger partial charge in [-0.1, -0.05) is 25.1 Å². The van der Waals surface area contributed by atoms with Gasteiger partial charge in [0.25, 0.3) is 0 Å². The number of benzene rings is 1. The number of H-pyrrole nitrogens is 1. The lowest BCUT2D eigenvalue weighted by Gasteiger charge is -2.00. The number of aromatic amines is 1. The third-order valence-corrected chi connectivity index (χ3v) is 2.73. The zero-order valence-electron chi connectivity index (χ0n) is 11.1. The molecule has 2 aromatic rings. The number of nitrogens with one attached hydrogen (secondary N) is 3. The summed E-state index contributed by atoms with van der Waals surface area (Å²) in [5, 5.41) is 7.26. The third-order valence-electron chi connectivity index (χ3n) is 2.73. The van der Waals surface area contributed by atoms with Crippen LogP contribution in [0.4, 0.5) is 0 Å². The summed E-state index contributed by atoms with van der Waals surface area (Å²) < 4.78 is 0. The van der Waals surface area contributed by atoms with E-state index >= 15 is 0 Å². The zero-order valence-corrected chi connectivity index (χ0v) is 11.1. The molecule has 1 aromatic carbocycles. The van der Waals surface area contributed by atoms with Crippen molar-refractivity contribution in [2.45, 2.75) is 13.3 Å². The van der Waals surface area contributed by atoms with E-state index in [4.69, 9.17) is 0 Å². The Bertz CT molecular complexity index is 645. The van der Waals surface area contributed by atoms with Gasteiger partial charge in [0, 0.05) is 29.2 Å². The smallest absolute Gasteiger partial charge is 0.329 e. The number of para-hydroxylation sites is 1. The molecule has 0 saturated heterocycles. The molecule has 2 amide bonds. The lowest BCUT2D eigenvalue weighted by molar-refractivity contribution is -0.139. The fraction of sp³-hybridized carbons (Fsp3) is 0.214. The van der Waals surface area contributed by atoms with Crippen LogP contribution in [0.2, 0.25) is 0 Å². The largest absolute Gasteiger partial charge is 0.361 e. The van der Waals surface area contributed by atoms with Crippen molar-refractivity contribution in [3.05, 3.63) is 36.0 Å². The second-order valence-corrected chi connectivity index (χ2v) is 4.24. The number of aromatic nitrogens is 1. The van der Waals surface area contributed by atoms with Gasteiger partial charge in [0.05, 0.1) is 6.21 Å². The summed E-state index contributed by atoms with van der Waals surface area (Å²) in [5.74, 6) is -1.45. The number of hydrogen-bond acceptors (Lipinski definition) is 3. The van der Waals surface area contributed by atoms with E-state index in [-0.39, 0.29) is 0 Å². The molecule has 6 heteroatoms. The van der Waals surface area contributed by atoms with Crippen molar-refractivity contribution in [2.24, 2.45) is 5.10 Å². The summed E-state index contributed by atoms with van der Waals surface area (Å²) in [5.41, 5.74) is 4.03. The topological polar surface area (TPSA) is 86.3 Å². The number of carbonyl (C=O) groups excluding carboxylic acids is 2. The lowest BCUT2D eigenvalue weighted by Crippen LogP contribution is -2.38. The molecule has 1 aromatic heterocycles. The first-order valence-electron chi connectivity index (χ1n) is 6.39. The fourth-order valence-electron chi connectivity index (χ4n) is 1.73. The first-order valence-corrected chi connectivity index (χ1v) is 6.39. The molecule has 0 saturated carbocycles. The molecule has 0 aliphatic heterocycles. The van der Waals surface area contributed by atoms with E-state index in [2.05, 4.69) is 20.8 Å². The van der Waals surface area contributed by atoms with E-state index in [1.165, 1.54) is 6.21 Å². The number of fused-ring (bicyclic) bond motifs is 1. The SMILES string of the molecule is CCCNC(=O)C(=O)N/N=C/c1c[nH]c2ccccc12. The van der Waals surface area contributed by atoms with Crippen molar-refractivity contribution in [2.75, 3.05) is 6.54 Å². The molecule has 0 spiro atoms. The van der Waals surface area contributed by atoms with Gasteiger partial charge in [-0.05, 0) is 12.5 Å². The molecule has 0 aliphatic rings. The first-order chi connectivity index (χ1) is 9.72. The highest BCUT2D eigenvalue weighted by Gasteiger charge is 2.10. The number of rotatable bonds is 4. The predicted molar refractivity (Wildman–Crippen MR) is 77.3 cm³/mol. The van der Waals surface area contributed by atoms with Crippen molar-refractivity contribution in [3.8, 4) is 0 Å². The molecule has 0 radical (unpaired) electrons. The Morgan fingerprint density at radius 3 is 2.90 bits per heavy atom. The summed E-state index contributed by atoms with van der Waals surface area (Å²) in [6.07, 6.45) is 4.07. The van der Waals surface area contributed by atoms with E-state index in [1.54, 1.807) is 6.20 Å². The molecule has 2 rings (SSSR count). The number of nitrogens with zero attached hydrogens (tertiary/aromatic N) is 1. The molecule has 0 bridgehead atoms. The second kappa shape index (κ2) is 6.51. The highest BCUT2D eigenvalue weighted by atomic mass is 16.2. The van der Waals surface area contributed by atoms with Gasteiger partial charge in [-0.3, -0.25) is 9.59 Å². The Balaban J connectivity index is 1.96. The number of hydrazone groups is 1. The van der Waals surface area contributed by atoms with Crippen LogP contribution in [-0.2, 0) is 9.59 Å². The van der Waals surface area contributed by atoms with E-state index in [0.717, 1.165) is 22.9 Å². The van der Waals surface area contributed by atoms with E-state index in [0.29, 0.717) is 6.54 Å². The van der Waals surface area contributed by atoms with E-state index in [9.17, 15) is 9.59 Å². The van der Waals surface area contributed by atoms with Crippen molar-refractivity contribution < 1.29 is 9.59 Å². The highest BCUT2D eigenvalue weighted by molar-refractivity contribution is 6.35. The maximum absolute atomic E-state index is 11.4. The Morgan fingerprint density at radius 2 is 2.10 bits per heavy atom. The molecule has 0 aliphatic carbocycles. The van der Waals surface area contributed by atoms with Crippen molar-refractivity contribution in [1.29, 1.82) is 0 Å². The first kappa shape index (κ1) is 13.8. The molecule has 6 nitrogen and oxygen atoms in total. The van der Waals surface area contributed by atoms with Crippen molar-refractivity contribution in [1.82, 2.24) is 15.7 Å². The Labute approximate surface area is 116 Å². The molecule has 0 unspecified atom stereocenters. The van der Waals surface area contributed by atoms with Crippen LogP contribution in [0.15, 0.2) is 35.6 Å². The van der Waals surface area contributed by atoms with Crippen LogP contribution in [0.25, 0.3) is 10.9 Å². The lowest BCUT2D eigenvalue weighted by atomic mass is 10.2. The summed E-state index contributed by atoms with van der Waals surface area (Å²) in [6, 6.07) is 7.75. The van der Waals surface area contributed by atoms with Gasteiger partial charge in [0.1, 0.15) is 0 Å². The fourth-order valence-corrected chi connectivity index (χ4v) is 1.73. The minimum absolute atomic E-state index is 0.471. The van der Waals surface area contributed by atoms with E-state index < -0.39 is 11.8 Å². The Morgan fingerprint density at radius 1 is 1.30 bits per heavy atom. The quantitative estimate of drug-likeness (QED) is 0.443. The van der Waals surface area contributed by atoms with Gasteiger partial charge in [0.15, 0.2) is 0 Å². The summed E-state index contributed by atoms with van der Waals surface area (Å²) in [6.45, 7) is 2.38. The Kier molecular flexibility index (Phi) is 4.49. The minimum atomic E-state index is -0.769. The number of hydrogen-bond donors (Lipinski definition) is 3. The molecular formula is C14H16N4O2. The zero-order chi connectivity index (χ0) is 14.4. The van der Waals surface area contributed by atoms with Gasteiger partial charge >= 0.3 is 11.8 Å². The van der Waals surface area contributed by atoms with Crippen LogP contribution in [0.5, 0.6) is 0 Å². The van der Waals surface area contributed by atoms with Crippen LogP contribution in [0.3, 0.4) is 0 Å². The van der Waals surface area contributed by atoms with Crippen molar-refractivity contribution in [3.63, 3.8) is 0 Å². The second-order valence-electron chi connectivity index (χ2n) is 4.24. The summed E-state index contributed by atoms with van der Waals surface area (Å²) in [7, 11) is 0. The van der Waals surface area contributed by atoms with Crippen LogP contribution in [0, 0.1) is 0 Å². The molecular weight excluding hydrogens is 256 g/mol. The van der Waals surface area contributed by atoms with Crippen LogP contribution >= 0.6 is 0 Å². The maximum atomic E-state index is 11.4. The maximum Gasteiger partial charge on any atom is 0.329 e. The summed E-state index contributed by atoms with van der Waals surface area (Å²) in [4.78, 5) is 25.8. The van der Waals surface area contributed by atoms with E-state index in [1.807, 2.05) is 31.2 Å². The average molecular weight is 272 g/mol.